The number of sulfonamides is 1. The predicted octanol–water partition coefficient (Wildman–Crippen LogP) is 4.12. The molecule has 0 bridgehead atoms. The number of hydrogen-bond donors (Lipinski definition) is 1. The standard InChI is InChI=1S/C22H26N2O3S/c1-15(2)17-9-11-19(12-10-17)21-16(3)22(24-28(21,25)26)23-14-13-18-7-5-6-8-20(18)27-4/h5-12,15H,13-14H2,1-4H3,(H,23,24). The van der Waals surface area contributed by atoms with Crippen LogP contribution in [0.3, 0.4) is 0 Å². The van der Waals surface area contributed by atoms with Crippen molar-refractivity contribution >= 4 is 20.8 Å². The highest BCUT2D eigenvalue weighted by molar-refractivity contribution is 8.00. The van der Waals surface area contributed by atoms with Crippen molar-refractivity contribution in [3.8, 4) is 5.75 Å². The zero-order chi connectivity index (χ0) is 20.3. The minimum Gasteiger partial charge on any atom is -0.496 e. The van der Waals surface area contributed by atoms with Crippen LogP contribution < -0.4 is 9.46 Å². The number of hydrogen-bond acceptors (Lipinski definition) is 4. The van der Waals surface area contributed by atoms with E-state index < -0.39 is 10.0 Å². The van der Waals surface area contributed by atoms with Crippen molar-refractivity contribution < 1.29 is 13.2 Å². The summed E-state index contributed by atoms with van der Waals surface area (Å²) in [6.07, 6.45) is 0.668. The van der Waals surface area contributed by atoms with Crippen molar-refractivity contribution in [2.24, 2.45) is 4.99 Å². The Hall–Kier alpha value is -2.60. The lowest BCUT2D eigenvalue weighted by atomic mass is 10.0. The second-order valence-electron chi connectivity index (χ2n) is 7.13. The number of benzene rings is 2. The number of aliphatic imine (C=N–C) groups is 1. The van der Waals surface area contributed by atoms with Gasteiger partial charge in [0.1, 0.15) is 16.5 Å². The molecule has 0 aliphatic carbocycles. The molecule has 1 aliphatic heterocycles. The fourth-order valence-electron chi connectivity index (χ4n) is 3.30. The fourth-order valence-corrected chi connectivity index (χ4v) is 4.82. The van der Waals surface area contributed by atoms with Crippen LogP contribution in [0, 0.1) is 0 Å². The summed E-state index contributed by atoms with van der Waals surface area (Å²) in [5.41, 5.74) is 3.55. The molecule has 0 saturated carbocycles. The molecule has 5 nitrogen and oxygen atoms in total. The van der Waals surface area contributed by atoms with Crippen LogP contribution in [0.5, 0.6) is 5.75 Å². The maximum atomic E-state index is 12.7. The molecule has 0 fully saturated rings. The third kappa shape index (κ3) is 4.12. The smallest absolute Gasteiger partial charge is 0.264 e. The third-order valence-corrected chi connectivity index (χ3v) is 6.42. The Labute approximate surface area is 167 Å². The van der Waals surface area contributed by atoms with Crippen LogP contribution in [0.15, 0.2) is 59.1 Å². The van der Waals surface area contributed by atoms with E-state index >= 15 is 0 Å². The molecule has 0 radical (unpaired) electrons. The second-order valence-corrected chi connectivity index (χ2v) is 8.75. The monoisotopic (exact) mass is 398 g/mol. The molecule has 0 amide bonds. The lowest BCUT2D eigenvalue weighted by Gasteiger charge is -2.07. The third-order valence-electron chi connectivity index (χ3n) is 4.88. The Balaban J connectivity index is 1.84. The van der Waals surface area contributed by atoms with Gasteiger partial charge in [-0.2, -0.15) is 0 Å². The van der Waals surface area contributed by atoms with E-state index in [9.17, 15) is 8.42 Å². The quantitative estimate of drug-likeness (QED) is 0.796. The molecule has 1 aliphatic rings. The number of methoxy groups -OCH3 is 1. The Kier molecular flexibility index (Phi) is 5.89. The van der Waals surface area contributed by atoms with E-state index in [0.717, 1.165) is 11.3 Å². The van der Waals surface area contributed by atoms with Crippen LogP contribution in [0.1, 0.15) is 43.4 Å². The van der Waals surface area contributed by atoms with E-state index in [2.05, 4.69) is 23.6 Å². The number of nitrogens with zero attached hydrogens (tertiary/aromatic N) is 1. The summed E-state index contributed by atoms with van der Waals surface area (Å²) < 4.78 is 33.3. The summed E-state index contributed by atoms with van der Waals surface area (Å²) in [7, 11) is -1.97. The highest BCUT2D eigenvalue weighted by Gasteiger charge is 2.32. The van der Waals surface area contributed by atoms with Crippen LogP contribution in [0.25, 0.3) is 4.91 Å². The first kappa shape index (κ1) is 20.1. The first-order valence-electron chi connectivity index (χ1n) is 9.34. The Morgan fingerprint density at radius 3 is 2.39 bits per heavy atom. The van der Waals surface area contributed by atoms with Crippen LogP contribution in [-0.2, 0) is 16.4 Å². The molecule has 3 rings (SSSR count). The molecule has 0 spiro atoms. The lowest BCUT2D eigenvalue weighted by molar-refractivity contribution is 0.410. The van der Waals surface area contributed by atoms with Crippen LogP contribution >= 0.6 is 0 Å². The normalized spacial score (nSPS) is 17.2. The van der Waals surface area contributed by atoms with E-state index in [1.807, 2.05) is 48.5 Å². The van der Waals surface area contributed by atoms with Gasteiger partial charge in [-0.25, -0.2) is 8.42 Å². The maximum absolute atomic E-state index is 12.7. The number of amidine groups is 1. The first-order valence-corrected chi connectivity index (χ1v) is 10.8. The molecule has 28 heavy (non-hydrogen) atoms. The molecular formula is C22H26N2O3S. The molecule has 0 aromatic heterocycles. The average Bonchev–Trinajstić information content (AvgIpc) is 2.90. The summed E-state index contributed by atoms with van der Waals surface area (Å²) in [5, 5.41) is 0. The zero-order valence-electron chi connectivity index (χ0n) is 16.7. The largest absolute Gasteiger partial charge is 0.496 e. The van der Waals surface area contributed by atoms with E-state index in [-0.39, 0.29) is 0 Å². The van der Waals surface area contributed by atoms with Gasteiger partial charge in [-0.3, -0.25) is 9.71 Å². The van der Waals surface area contributed by atoms with E-state index in [1.165, 1.54) is 5.56 Å². The zero-order valence-corrected chi connectivity index (χ0v) is 17.5. The maximum Gasteiger partial charge on any atom is 0.264 e. The molecule has 148 valence electrons. The Bertz CT molecular complexity index is 1020. The van der Waals surface area contributed by atoms with Crippen molar-refractivity contribution in [2.45, 2.75) is 33.1 Å². The molecule has 0 unspecified atom stereocenters. The number of rotatable bonds is 6. The number of para-hydroxylation sites is 1. The predicted molar refractivity (Wildman–Crippen MR) is 114 cm³/mol. The second kappa shape index (κ2) is 8.19. The molecule has 2 aromatic carbocycles. The van der Waals surface area contributed by atoms with Gasteiger partial charge in [0.25, 0.3) is 10.0 Å². The van der Waals surface area contributed by atoms with E-state index in [4.69, 9.17) is 4.74 Å². The van der Waals surface area contributed by atoms with E-state index in [1.54, 1.807) is 14.0 Å². The highest BCUT2D eigenvalue weighted by Crippen LogP contribution is 2.30. The van der Waals surface area contributed by atoms with Gasteiger partial charge in [0, 0.05) is 12.1 Å². The minimum atomic E-state index is -3.61. The minimum absolute atomic E-state index is 0.304. The van der Waals surface area contributed by atoms with Crippen LogP contribution in [0.4, 0.5) is 0 Å². The van der Waals surface area contributed by atoms with Gasteiger partial charge >= 0.3 is 0 Å². The average molecular weight is 399 g/mol. The molecule has 6 heteroatoms. The molecule has 0 atom stereocenters. The molecule has 1 N–H and O–H groups in total. The van der Waals surface area contributed by atoms with Gasteiger partial charge in [-0.15, -0.1) is 0 Å². The summed E-state index contributed by atoms with van der Waals surface area (Å²) >= 11 is 0. The summed E-state index contributed by atoms with van der Waals surface area (Å²) in [6.45, 7) is 6.49. The van der Waals surface area contributed by atoms with Gasteiger partial charge in [-0.05, 0) is 42.0 Å². The SMILES string of the molecule is COc1ccccc1CCN=C1NS(=O)(=O)C(c2ccc(C(C)C)cc2)=C1C. The highest BCUT2D eigenvalue weighted by atomic mass is 32.2. The van der Waals surface area contributed by atoms with E-state index in [0.29, 0.717) is 40.8 Å². The summed E-state index contributed by atoms with van der Waals surface area (Å²) in [5.74, 6) is 1.63. The number of ether oxygens (including phenoxy) is 1. The van der Waals surface area contributed by atoms with Crippen molar-refractivity contribution in [1.82, 2.24) is 4.72 Å². The van der Waals surface area contributed by atoms with Gasteiger partial charge in [0.2, 0.25) is 0 Å². The topological polar surface area (TPSA) is 67.8 Å². The lowest BCUT2D eigenvalue weighted by Crippen LogP contribution is -2.24. The van der Waals surface area contributed by atoms with Crippen LogP contribution in [-0.4, -0.2) is 27.9 Å². The molecule has 1 heterocycles. The van der Waals surface area contributed by atoms with Crippen molar-refractivity contribution in [3.63, 3.8) is 0 Å². The molecular weight excluding hydrogens is 372 g/mol. The molecule has 2 aromatic rings. The Morgan fingerprint density at radius 1 is 1.07 bits per heavy atom. The summed E-state index contributed by atoms with van der Waals surface area (Å²) in [4.78, 5) is 4.81. The molecule has 0 saturated heterocycles. The van der Waals surface area contributed by atoms with Crippen LogP contribution in [0.2, 0.25) is 0 Å². The Morgan fingerprint density at radius 2 is 1.75 bits per heavy atom. The van der Waals surface area contributed by atoms with Crippen molar-refractivity contribution in [3.05, 3.63) is 70.8 Å². The first-order chi connectivity index (χ1) is 13.3. The summed E-state index contributed by atoms with van der Waals surface area (Å²) in [6, 6.07) is 15.5. The van der Waals surface area contributed by atoms with Gasteiger partial charge in [-0.1, -0.05) is 56.3 Å². The van der Waals surface area contributed by atoms with Gasteiger partial charge < -0.3 is 4.74 Å². The van der Waals surface area contributed by atoms with Gasteiger partial charge in [0.15, 0.2) is 0 Å². The van der Waals surface area contributed by atoms with Crippen molar-refractivity contribution in [2.75, 3.05) is 13.7 Å². The number of nitrogens with one attached hydrogen (secondary N) is 1. The van der Waals surface area contributed by atoms with Gasteiger partial charge in [0.05, 0.1) is 7.11 Å². The van der Waals surface area contributed by atoms with Crippen molar-refractivity contribution in [1.29, 1.82) is 0 Å². The fraction of sp³-hybridized carbons (Fsp3) is 0.318.